The Labute approximate surface area is 131 Å². The first-order valence-corrected chi connectivity index (χ1v) is 7.38. The predicted octanol–water partition coefficient (Wildman–Crippen LogP) is 6.09. The van der Waals surface area contributed by atoms with Crippen molar-refractivity contribution in [2.24, 2.45) is 10.2 Å². The van der Waals surface area contributed by atoms with Crippen LogP contribution in [0.15, 0.2) is 45.0 Å². The Balaban J connectivity index is 2.41. The fourth-order valence-corrected chi connectivity index (χ4v) is 2.40. The number of phenols is 1. The Kier molecular flexibility index (Phi) is 4.78. The summed E-state index contributed by atoms with van der Waals surface area (Å²) < 4.78 is 0.619. The van der Waals surface area contributed by atoms with Crippen molar-refractivity contribution in [3.63, 3.8) is 0 Å². The van der Waals surface area contributed by atoms with Crippen molar-refractivity contribution in [2.45, 2.75) is 20.3 Å². The summed E-state index contributed by atoms with van der Waals surface area (Å²) in [5.41, 5.74) is 3.07. The van der Waals surface area contributed by atoms with E-state index in [2.05, 4.69) is 26.2 Å². The van der Waals surface area contributed by atoms with E-state index in [0.29, 0.717) is 20.9 Å². The van der Waals surface area contributed by atoms with Crippen LogP contribution in [0, 0.1) is 6.92 Å². The number of nitrogens with zero attached hydrogens (tertiary/aromatic N) is 2. The zero-order valence-electron chi connectivity index (χ0n) is 11.2. The Morgan fingerprint density at radius 1 is 1.20 bits per heavy atom. The summed E-state index contributed by atoms with van der Waals surface area (Å²) in [5.74, 6) is 0.0885. The molecule has 5 heteroatoms. The van der Waals surface area contributed by atoms with Crippen molar-refractivity contribution >= 4 is 38.9 Å². The number of aryl methyl sites for hydroxylation is 1. The monoisotopic (exact) mass is 352 g/mol. The van der Waals surface area contributed by atoms with E-state index < -0.39 is 0 Å². The third-order valence-corrected chi connectivity index (χ3v) is 4.03. The minimum absolute atomic E-state index is 0.0885. The Morgan fingerprint density at radius 3 is 2.60 bits per heavy atom. The van der Waals surface area contributed by atoms with Crippen LogP contribution in [0.25, 0.3) is 0 Å². The smallest absolute Gasteiger partial charge is 0.157 e. The molecule has 20 heavy (non-hydrogen) atoms. The molecule has 2 aromatic carbocycles. The fraction of sp³-hybridized carbons (Fsp3) is 0.200. The molecule has 0 amide bonds. The van der Waals surface area contributed by atoms with Gasteiger partial charge in [-0.15, -0.1) is 5.11 Å². The standard InChI is InChI=1S/C15H14BrClN2O/c1-3-10-7-11(16)15(20)14(8-10)19-18-13-6-4-5-12(17)9(13)2/h4-8,20H,3H2,1-2H3. The van der Waals surface area contributed by atoms with Gasteiger partial charge in [0.25, 0.3) is 0 Å². The third kappa shape index (κ3) is 3.19. The lowest BCUT2D eigenvalue weighted by atomic mass is 10.1. The number of rotatable bonds is 3. The third-order valence-electron chi connectivity index (χ3n) is 3.02. The van der Waals surface area contributed by atoms with E-state index in [4.69, 9.17) is 11.6 Å². The normalized spacial score (nSPS) is 11.2. The second-order valence-corrected chi connectivity index (χ2v) is 5.64. The lowest BCUT2D eigenvalue weighted by molar-refractivity contribution is 0.473. The van der Waals surface area contributed by atoms with Gasteiger partial charge in [-0.2, -0.15) is 5.11 Å². The highest BCUT2D eigenvalue weighted by Crippen LogP contribution is 2.37. The number of aromatic hydroxyl groups is 1. The summed E-state index contributed by atoms with van der Waals surface area (Å²) in [5, 5.41) is 18.9. The maximum Gasteiger partial charge on any atom is 0.157 e. The van der Waals surface area contributed by atoms with Gasteiger partial charge in [0.05, 0.1) is 10.2 Å². The first-order chi connectivity index (χ1) is 9.52. The van der Waals surface area contributed by atoms with Crippen LogP contribution in [0.5, 0.6) is 5.75 Å². The average Bonchev–Trinajstić information content (AvgIpc) is 2.44. The topological polar surface area (TPSA) is 45.0 Å². The van der Waals surface area contributed by atoms with Gasteiger partial charge in [-0.1, -0.05) is 24.6 Å². The molecule has 0 fully saturated rings. The first kappa shape index (κ1) is 15.0. The molecule has 0 saturated heterocycles. The molecule has 0 radical (unpaired) electrons. The van der Waals surface area contributed by atoms with Crippen molar-refractivity contribution in [1.29, 1.82) is 0 Å². The van der Waals surface area contributed by atoms with Gasteiger partial charge in [0.1, 0.15) is 5.69 Å². The summed E-state index contributed by atoms with van der Waals surface area (Å²) in [6.07, 6.45) is 0.859. The highest BCUT2D eigenvalue weighted by molar-refractivity contribution is 9.10. The summed E-state index contributed by atoms with van der Waals surface area (Å²) in [4.78, 5) is 0. The Hall–Kier alpha value is -1.39. The van der Waals surface area contributed by atoms with Crippen LogP contribution in [0.1, 0.15) is 18.1 Å². The van der Waals surface area contributed by atoms with Gasteiger partial charge in [-0.3, -0.25) is 0 Å². The average molecular weight is 354 g/mol. The number of azo groups is 1. The predicted molar refractivity (Wildman–Crippen MR) is 85.5 cm³/mol. The van der Waals surface area contributed by atoms with E-state index in [1.165, 1.54) is 0 Å². The number of hydrogen-bond donors (Lipinski definition) is 1. The van der Waals surface area contributed by atoms with Gasteiger partial charge < -0.3 is 5.11 Å². The number of hydrogen-bond acceptors (Lipinski definition) is 3. The van der Waals surface area contributed by atoms with Gasteiger partial charge in [0.15, 0.2) is 5.75 Å². The van der Waals surface area contributed by atoms with E-state index in [-0.39, 0.29) is 5.75 Å². The van der Waals surface area contributed by atoms with Crippen LogP contribution < -0.4 is 0 Å². The maximum absolute atomic E-state index is 9.99. The van der Waals surface area contributed by atoms with E-state index in [9.17, 15) is 5.11 Å². The lowest BCUT2D eigenvalue weighted by Crippen LogP contribution is -1.81. The quantitative estimate of drug-likeness (QED) is 0.666. The van der Waals surface area contributed by atoms with Crippen molar-refractivity contribution in [1.82, 2.24) is 0 Å². The SMILES string of the molecule is CCc1cc(Br)c(O)c(N=Nc2cccc(Cl)c2C)c1. The summed E-state index contributed by atoms with van der Waals surface area (Å²) in [6, 6.07) is 9.16. The fourth-order valence-electron chi connectivity index (χ4n) is 1.73. The zero-order chi connectivity index (χ0) is 14.7. The van der Waals surface area contributed by atoms with Crippen LogP contribution in [-0.2, 0) is 6.42 Å². The molecule has 1 N–H and O–H groups in total. The second kappa shape index (κ2) is 6.37. The molecule has 0 aliphatic heterocycles. The molecule has 0 bridgehead atoms. The van der Waals surface area contributed by atoms with Gasteiger partial charge >= 0.3 is 0 Å². The van der Waals surface area contributed by atoms with Gasteiger partial charge in [0.2, 0.25) is 0 Å². The molecule has 0 saturated carbocycles. The summed E-state index contributed by atoms with van der Waals surface area (Å²) in [7, 11) is 0. The van der Waals surface area contributed by atoms with Crippen molar-refractivity contribution in [3.8, 4) is 5.75 Å². The molecule has 104 valence electrons. The summed E-state index contributed by atoms with van der Waals surface area (Å²) >= 11 is 9.36. The van der Waals surface area contributed by atoms with E-state index >= 15 is 0 Å². The molecule has 3 nitrogen and oxygen atoms in total. The molecular weight excluding hydrogens is 340 g/mol. The van der Waals surface area contributed by atoms with Crippen LogP contribution in [0.4, 0.5) is 11.4 Å². The van der Waals surface area contributed by atoms with Crippen molar-refractivity contribution < 1.29 is 5.11 Å². The minimum atomic E-state index is 0.0885. The summed E-state index contributed by atoms with van der Waals surface area (Å²) in [6.45, 7) is 3.93. The number of benzene rings is 2. The van der Waals surface area contributed by atoms with E-state index in [1.54, 1.807) is 0 Å². The molecule has 0 unspecified atom stereocenters. The van der Waals surface area contributed by atoms with Gasteiger partial charge in [-0.05, 0) is 64.7 Å². The largest absolute Gasteiger partial charge is 0.505 e. The highest BCUT2D eigenvalue weighted by Gasteiger charge is 2.07. The molecule has 0 aliphatic rings. The molecule has 0 atom stereocenters. The molecule has 0 heterocycles. The van der Waals surface area contributed by atoms with Crippen LogP contribution in [-0.4, -0.2) is 5.11 Å². The second-order valence-electron chi connectivity index (χ2n) is 4.38. The van der Waals surface area contributed by atoms with E-state index in [0.717, 1.165) is 17.5 Å². The molecule has 2 rings (SSSR count). The first-order valence-electron chi connectivity index (χ1n) is 6.21. The molecule has 2 aromatic rings. The number of halogens is 2. The lowest BCUT2D eigenvalue weighted by Gasteiger charge is -2.05. The minimum Gasteiger partial charge on any atom is -0.505 e. The van der Waals surface area contributed by atoms with Crippen molar-refractivity contribution in [3.05, 3.63) is 51.0 Å². The van der Waals surface area contributed by atoms with E-state index in [1.807, 2.05) is 44.2 Å². The maximum atomic E-state index is 9.99. The zero-order valence-corrected chi connectivity index (χ0v) is 13.5. The van der Waals surface area contributed by atoms with Crippen molar-refractivity contribution in [2.75, 3.05) is 0 Å². The van der Waals surface area contributed by atoms with Gasteiger partial charge in [-0.25, -0.2) is 0 Å². The van der Waals surface area contributed by atoms with Crippen LogP contribution in [0.2, 0.25) is 5.02 Å². The Bertz CT molecular complexity index is 671. The number of phenolic OH excluding ortho intramolecular Hbond substituents is 1. The molecular formula is C15H14BrClN2O. The Morgan fingerprint density at radius 2 is 1.90 bits per heavy atom. The molecule has 0 aromatic heterocycles. The van der Waals surface area contributed by atoms with Crippen LogP contribution >= 0.6 is 27.5 Å². The highest BCUT2D eigenvalue weighted by atomic mass is 79.9. The van der Waals surface area contributed by atoms with Crippen LogP contribution in [0.3, 0.4) is 0 Å². The molecule has 0 spiro atoms. The van der Waals surface area contributed by atoms with Gasteiger partial charge in [0, 0.05) is 5.02 Å². The molecule has 0 aliphatic carbocycles.